The Bertz CT molecular complexity index is 667. The second-order valence-corrected chi connectivity index (χ2v) is 7.88. The lowest BCUT2D eigenvalue weighted by Crippen LogP contribution is -2.57. The molecule has 4 rings (SSSR count). The minimum atomic E-state index is -0.454. The Kier molecular flexibility index (Phi) is 4.26. The molecular formula is C20H25FN2O2. The number of likely N-dealkylation sites (tertiary alicyclic amines) is 1. The Hall–Kier alpha value is -1.91. The van der Waals surface area contributed by atoms with E-state index in [-0.39, 0.29) is 17.6 Å². The fourth-order valence-corrected chi connectivity index (χ4v) is 4.36. The first-order valence-electron chi connectivity index (χ1n) is 9.43. The predicted molar refractivity (Wildman–Crippen MR) is 93.6 cm³/mol. The molecule has 2 saturated heterocycles. The maximum absolute atomic E-state index is 13.3. The Morgan fingerprint density at radius 3 is 2.48 bits per heavy atom. The van der Waals surface area contributed by atoms with Crippen LogP contribution in [-0.4, -0.2) is 36.3 Å². The molecule has 1 spiro atoms. The first kappa shape index (κ1) is 16.6. The van der Waals surface area contributed by atoms with Gasteiger partial charge in [0.05, 0.1) is 5.41 Å². The highest BCUT2D eigenvalue weighted by Gasteiger charge is 2.47. The van der Waals surface area contributed by atoms with Crippen LogP contribution in [0.2, 0.25) is 0 Å². The molecule has 2 aliphatic heterocycles. The van der Waals surface area contributed by atoms with Gasteiger partial charge in [-0.05, 0) is 68.7 Å². The number of hydrogen-bond donors (Lipinski definition) is 0. The van der Waals surface area contributed by atoms with Crippen molar-refractivity contribution in [2.45, 2.75) is 44.9 Å². The molecule has 1 aromatic carbocycles. The molecule has 3 aliphatic rings. The molecule has 0 N–H and O–H groups in total. The second kappa shape index (κ2) is 6.43. The van der Waals surface area contributed by atoms with Crippen LogP contribution in [0.4, 0.5) is 10.1 Å². The average molecular weight is 344 g/mol. The van der Waals surface area contributed by atoms with Gasteiger partial charge in [0, 0.05) is 31.7 Å². The molecule has 4 nitrogen and oxygen atoms in total. The lowest BCUT2D eigenvalue weighted by atomic mass is 9.72. The van der Waals surface area contributed by atoms with E-state index < -0.39 is 5.41 Å². The van der Waals surface area contributed by atoms with Crippen LogP contribution in [0.15, 0.2) is 24.3 Å². The SMILES string of the molecule is O=C(CC1CC1)N1CCCC2(CCCN(c3ccc(F)cc3)C2=O)C1. The van der Waals surface area contributed by atoms with Crippen LogP contribution >= 0.6 is 0 Å². The van der Waals surface area contributed by atoms with E-state index in [0.29, 0.717) is 25.4 Å². The molecule has 1 aliphatic carbocycles. The molecule has 1 saturated carbocycles. The number of benzene rings is 1. The van der Waals surface area contributed by atoms with Crippen LogP contribution in [0.5, 0.6) is 0 Å². The third kappa shape index (κ3) is 3.29. The fourth-order valence-electron chi connectivity index (χ4n) is 4.36. The summed E-state index contributed by atoms with van der Waals surface area (Å²) < 4.78 is 13.2. The van der Waals surface area contributed by atoms with E-state index in [0.717, 1.165) is 37.9 Å². The fraction of sp³-hybridized carbons (Fsp3) is 0.600. The third-order valence-corrected chi connectivity index (χ3v) is 5.96. The molecule has 0 aromatic heterocycles. The maximum atomic E-state index is 13.3. The number of halogens is 1. The molecule has 2 heterocycles. The molecule has 134 valence electrons. The maximum Gasteiger partial charge on any atom is 0.234 e. The molecule has 0 radical (unpaired) electrons. The van der Waals surface area contributed by atoms with Crippen molar-refractivity contribution in [2.24, 2.45) is 11.3 Å². The minimum absolute atomic E-state index is 0.106. The van der Waals surface area contributed by atoms with E-state index in [4.69, 9.17) is 0 Å². The molecule has 25 heavy (non-hydrogen) atoms. The topological polar surface area (TPSA) is 40.6 Å². The molecule has 1 unspecified atom stereocenters. The van der Waals surface area contributed by atoms with Crippen molar-refractivity contribution < 1.29 is 14.0 Å². The first-order valence-corrected chi connectivity index (χ1v) is 9.43. The summed E-state index contributed by atoms with van der Waals surface area (Å²) in [6, 6.07) is 6.14. The Morgan fingerprint density at radius 2 is 1.80 bits per heavy atom. The smallest absolute Gasteiger partial charge is 0.234 e. The number of carbonyl (C=O) groups is 2. The van der Waals surface area contributed by atoms with Crippen molar-refractivity contribution in [3.8, 4) is 0 Å². The van der Waals surface area contributed by atoms with Crippen molar-refractivity contribution in [1.82, 2.24) is 4.90 Å². The van der Waals surface area contributed by atoms with E-state index in [1.54, 1.807) is 17.0 Å². The van der Waals surface area contributed by atoms with Crippen molar-refractivity contribution >= 4 is 17.5 Å². The van der Waals surface area contributed by atoms with Crippen molar-refractivity contribution in [3.05, 3.63) is 30.1 Å². The number of rotatable bonds is 3. The van der Waals surface area contributed by atoms with Crippen molar-refractivity contribution in [2.75, 3.05) is 24.5 Å². The summed E-state index contributed by atoms with van der Waals surface area (Å²) in [7, 11) is 0. The van der Waals surface area contributed by atoms with Crippen LogP contribution in [-0.2, 0) is 9.59 Å². The standard InChI is InChI=1S/C20H25FN2O2/c21-16-5-7-17(8-6-16)23-12-2-10-20(19(23)25)9-1-11-22(14-20)18(24)13-15-3-4-15/h5-8,15H,1-4,9-14H2. The highest BCUT2D eigenvalue weighted by Crippen LogP contribution is 2.42. The molecular weight excluding hydrogens is 319 g/mol. The summed E-state index contributed by atoms with van der Waals surface area (Å²) in [5, 5.41) is 0. The first-order chi connectivity index (χ1) is 12.1. The zero-order valence-corrected chi connectivity index (χ0v) is 14.5. The lowest BCUT2D eigenvalue weighted by Gasteiger charge is -2.47. The average Bonchev–Trinajstić information content (AvgIpc) is 3.43. The normalized spacial score (nSPS) is 27.0. The molecule has 5 heteroatoms. The van der Waals surface area contributed by atoms with Crippen LogP contribution in [0.3, 0.4) is 0 Å². The van der Waals surface area contributed by atoms with Crippen LogP contribution < -0.4 is 4.90 Å². The van der Waals surface area contributed by atoms with Crippen molar-refractivity contribution in [3.63, 3.8) is 0 Å². The quantitative estimate of drug-likeness (QED) is 0.844. The molecule has 1 atom stereocenters. The summed E-state index contributed by atoms with van der Waals surface area (Å²) in [4.78, 5) is 29.5. The van der Waals surface area contributed by atoms with Gasteiger partial charge in [-0.1, -0.05) is 0 Å². The Morgan fingerprint density at radius 1 is 1.12 bits per heavy atom. The van der Waals surface area contributed by atoms with E-state index >= 15 is 0 Å². The van der Waals surface area contributed by atoms with Gasteiger partial charge in [-0.3, -0.25) is 9.59 Å². The zero-order valence-electron chi connectivity index (χ0n) is 14.5. The highest BCUT2D eigenvalue weighted by molar-refractivity contribution is 5.99. The predicted octanol–water partition coefficient (Wildman–Crippen LogP) is 3.36. The van der Waals surface area contributed by atoms with Crippen LogP contribution in [0, 0.1) is 17.2 Å². The summed E-state index contributed by atoms with van der Waals surface area (Å²) >= 11 is 0. The largest absolute Gasteiger partial charge is 0.342 e. The Balaban J connectivity index is 1.52. The molecule has 2 amide bonds. The monoisotopic (exact) mass is 344 g/mol. The number of anilines is 1. The molecule has 1 aromatic rings. The van der Waals surface area contributed by atoms with Gasteiger partial charge < -0.3 is 9.80 Å². The van der Waals surface area contributed by atoms with Crippen molar-refractivity contribution in [1.29, 1.82) is 0 Å². The minimum Gasteiger partial charge on any atom is -0.342 e. The van der Waals surface area contributed by atoms with Crippen LogP contribution in [0.25, 0.3) is 0 Å². The van der Waals surface area contributed by atoms with Gasteiger partial charge >= 0.3 is 0 Å². The number of nitrogens with zero attached hydrogens (tertiary/aromatic N) is 2. The molecule has 0 bridgehead atoms. The molecule has 3 fully saturated rings. The van der Waals surface area contributed by atoms with E-state index in [2.05, 4.69) is 0 Å². The van der Waals surface area contributed by atoms with E-state index in [1.165, 1.54) is 25.0 Å². The number of amides is 2. The van der Waals surface area contributed by atoms with Gasteiger partial charge in [-0.2, -0.15) is 0 Å². The second-order valence-electron chi connectivity index (χ2n) is 7.88. The van der Waals surface area contributed by atoms with Gasteiger partial charge in [0.2, 0.25) is 11.8 Å². The van der Waals surface area contributed by atoms with Gasteiger partial charge in [0.25, 0.3) is 0 Å². The number of piperidine rings is 2. The number of carbonyl (C=O) groups excluding carboxylic acids is 2. The van der Waals surface area contributed by atoms with Gasteiger partial charge in [-0.15, -0.1) is 0 Å². The highest BCUT2D eigenvalue weighted by atomic mass is 19.1. The van der Waals surface area contributed by atoms with Gasteiger partial charge in [0.1, 0.15) is 5.82 Å². The number of hydrogen-bond acceptors (Lipinski definition) is 2. The summed E-state index contributed by atoms with van der Waals surface area (Å²) in [5.41, 5.74) is 0.302. The summed E-state index contributed by atoms with van der Waals surface area (Å²) in [6.45, 7) is 1.99. The van der Waals surface area contributed by atoms with Gasteiger partial charge in [-0.25, -0.2) is 4.39 Å². The third-order valence-electron chi connectivity index (χ3n) is 5.96. The summed E-state index contributed by atoms with van der Waals surface area (Å²) in [5.74, 6) is 0.600. The lowest BCUT2D eigenvalue weighted by molar-refractivity contribution is -0.142. The van der Waals surface area contributed by atoms with E-state index in [9.17, 15) is 14.0 Å². The van der Waals surface area contributed by atoms with Crippen LogP contribution in [0.1, 0.15) is 44.9 Å². The van der Waals surface area contributed by atoms with Gasteiger partial charge in [0.15, 0.2) is 0 Å². The van der Waals surface area contributed by atoms with E-state index in [1.807, 2.05) is 4.90 Å². The summed E-state index contributed by atoms with van der Waals surface area (Å²) in [6.07, 6.45) is 6.48. The zero-order chi connectivity index (χ0) is 17.4. The Labute approximate surface area is 148 Å².